The van der Waals surface area contributed by atoms with Crippen molar-refractivity contribution in [2.75, 3.05) is 0 Å². The molecule has 114 valence electrons. The summed E-state index contributed by atoms with van der Waals surface area (Å²) in [6.45, 7) is -3.03. The molecule has 1 aliphatic carbocycles. The fourth-order valence-corrected chi connectivity index (χ4v) is 2.12. The van der Waals surface area contributed by atoms with E-state index in [1.165, 1.54) is 24.3 Å². The van der Waals surface area contributed by atoms with Gasteiger partial charge in [0.15, 0.2) is 0 Å². The topological polar surface area (TPSA) is 75.6 Å². The van der Waals surface area contributed by atoms with Crippen LogP contribution in [-0.2, 0) is 4.79 Å². The Kier molecular flexibility index (Phi) is 4.72. The maximum atomic E-state index is 12.3. The van der Waals surface area contributed by atoms with Gasteiger partial charge in [0.25, 0.3) is 5.91 Å². The fourth-order valence-electron chi connectivity index (χ4n) is 2.12. The quantitative estimate of drug-likeness (QED) is 0.810. The molecule has 1 saturated carbocycles. The lowest BCUT2D eigenvalue weighted by molar-refractivity contribution is -0.137. The van der Waals surface area contributed by atoms with Crippen LogP contribution in [0.1, 0.15) is 29.6 Å². The number of amides is 1. The molecule has 1 amide bonds. The summed E-state index contributed by atoms with van der Waals surface area (Å²) in [5.74, 6) is -1.71. The zero-order valence-corrected chi connectivity index (χ0v) is 11.1. The van der Waals surface area contributed by atoms with Crippen LogP contribution in [0.5, 0.6) is 5.75 Å². The Morgan fingerprint density at radius 2 is 2.00 bits per heavy atom. The molecule has 21 heavy (non-hydrogen) atoms. The highest BCUT2D eigenvalue weighted by molar-refractivity contribution is 5.97. The average molecular weight is 299 g/mol. The van der Waals surface area contributed by atoms with Gasteiger partial charge in [-0.25, -0.2) is 0 Å². The van der Waals surface area contributed by atoms with E-state index in [-0.39, 0.29) is 23.7 Å². The number of benzene rings is 1. The Morgan fingerprint density at radius 1 is 1.33 bits per heavy atom. The highest BCUT2D eigenvalue weighted by Gasteiger charge is 2.34. The molecule has 2 rings (SSSR count). The van der Waals surface area contributed by atoms with Gasteiger partial charge in [0, 0.05) is 6.04 Å². The second-order valence-electron chi connectivity index (χ2n) is 4.89. The number of para-hydroxylation sites is 1. The minimum absolute atomic E-state index is 0.0335. The molecule has 2 N–H and O–H groups in total. The highest BCUT2D eigenvalue weighted by atomic mass is 19.3. The van der Waals surface area contributed by atoms with Crippen molar-refractivity contribution in [1.29, 1.82) is 0 Å². The summed E-state index contributed by atoms with van der Waals surface area (Å²) in [7, 11) is 0. The summed E-state index contributed by atoms with van der Waals surface area (Å²) >= 11 is 0. The summed E-state index contributed by atoms with van der Waals surface area (Å²) in [4.78, 5) is 22.9. The maximum absolute atomic E-state index is 12.3. The molecule has 0 spiro atoms. The number of alkyl halides is 2. The molecule has 0 saturated heterocycles. The van der Waals surface area contributed by atoms with Crippen molar-refractivity contribution in [3.8, 4) is 5.75 Å². The van der Waals surface area contributed by atoms with E-state index in [0.29, 0.717) is 0 Å². The second kappa shape index (κ2) is 6.51. The molecule has 1 aromatic rings. The van der Waals surface area contributed by atoms with Crippen LogP contribution in [0.2, 0.25) is 0 Å². The Hall–Kier alpha value is -2.18. The zero-order chi connectivity index (χ0) is 15.4. The van der Waals surface area contributed by atoms with Crippen LogP contribution in [0.25, 0.3) is 0 Å². The van der Waals surface area contributed by atoms with Crippen LogP contribution < -0.4 is 10.1 Å². The van der Waals surface area contributed by atoms with Crippen LogP contribution >= 0.6 is 0 Å². The van der Waals surface area contributed by atoms with Crippen molar-refractivity contribution >= 4 is 11.9 Å². The van der Waals surface area contributed by atoms with Crippen LogP contribution in [-0.4, -0.2) is 29.6 Å². The summed E-state index contributed by atoms with van der Waals surface area (Å²) in [6, 6.07) is 5.14. The van der Waals surface area contributed by atoms with Crippen LogP contribution in [0.4, 0.5) is 8.78 Å². The average Bonchev–Trinajstić information content (AvgIpc) is 3.21. The molecular formula is C14H15F2NO4. The Morgan fingerprint density at radius 3 is 2.57 bits per heavy atom. The van der Waals surface area contributed by atoms with Crippen molar-refractivity contribution in [1.82, 2.24) is 5.32 Å². The Balaban J connectivity index is 2.10. The van der Waals surface area contributed by atoms with Crippen molar-refractivity contribution in [2.24, 2.45) is 5.92 Å². The van der Waals surface area contributed by atoms with Gasteiger partial charge in [-0.3, -0.25) is 9.59 Å². The lowest BCUT2D eigenvalue weighted by Crippen LogP contribution is -2.38. The van der Waals surface area contributed by atoms with Crippen molar-refractivity contribution in [2.45, 2.75) is 31.9 Å². The molecule has 1 aliphatic rings. The zero-order valence-electron chi connectivity index (χ0n) is 11.1. The maximum Gasteiger partial charge on any atom is 0.387 e. The predicted octanol–water partition coefficient (Wildman–Crippen LogP) is 2.27. The first-order valence-electron chi connectivity index (χ1n) is 6.54. The summed E-state index contributed by atoms with van der Waals surface area (Å²) in [6.07, 6.45) is 1.52. The van der Waals surface area contributed by atoms with Gasteiger partial charge in [0.05, 0.1) is 12.0 Å². The van der Waals surface area contributed by atoms with Crippen molar-refractivity contribution in [3.05, 3.63) is 29.8 Å². The number of carboxylic acids is 1. The van der Waals surface area contributed by atoms with E-state index in [9.17, 15) is 18.4 Å². The van der Waals surface area contributed by atoms with Crippen LogP contribution in [0, 0.1) is 5.92 Å². The van der Waals surface area contributed by atoms with Gasteiger partial charge >= 0.3 is 12.6 Å². The predicted molar refractivity (Wildman–Crippen MR) is 69.3 cm³/mol. The molecule has 7 heteroatoms. The molecule has 0 heterocycles. The van der Waals surface area contributed by atoms with Gasteiger partial charge in [0.2, 0.25) is 0 Å². The van der Waals surface area contributed by atoms with E-state index in [1.807, 2.05) is 0 Å². The van der Waals surface area contributed by atoms with E-state index in [0.717, 1.165) is 12.8 Å². The minimum Gasteiger partial charge on any atom is -0.481 e. The number of ether oxygens (including phenoxy) is 1. The van der Waals surface area contributed by atoms with E-state index in [4.69, 9.17) is 5.11 Å². The van der Waals surface area contributed by atoms with E-state index < -0.39 is 24.5 Å². The van der Waals surface area contributed by atoms with Gasteiger partial charge < -0.3 is 15.2 Å². The number of hydrogen-bond donors (Lipinski definition) is 2. The number of rotatable bonds is 7. The molecule has 1 atom stereocenters. The lowest BCUT2D eigenvalue weighted by Gasteiger charge is -2.17. The normalized spacial score (nSPS) is 15.6. The fraction of sp³-hybridized carbons (Fsp3) is 0.429. The summed E-state index contributed by atoms with van der Waals surface area (Å²) in [5.41, 5.74) is -0.0335. The number of nitrogens with one attached hydrogen (secondary N) is 1. The third kappa shape index (κ3) is 4.40. The largest absolute Gasteiger partial charge is 0.481 e. The highest BCUT2D eigenvalue weighted by Crippen LogP contribution is 2.34. The third-order valence-corrected chi connectivity index (χ3v) is 3.25. The second-order valence-corrected chi connectivity index (χ2v) is 4.89. The number of halogens is 2. The molecule has 0 aliphatic heterocycles. The summed E-state index contributed by atoms with van der Waals surface area (Å²) in [5, 5.41) is 11.4. The van der Waals surface area contributed by atoms with E-state index in [1.54, 1.807) is 0 Å². The van der Waals surface area contributed by atoms with Gasteiger partial charge in [-0.15, -0.1) is 0 Å². The van der Waals surface area contributed by atoms with Crippen molar-refractivity contribution < 1.29 is 28.2 Å². The van der Waals surface area contributed by atoms with E-state index >= 15 is 0 Å². The monoisotopic (exact) mass is 299 g/mol. The number of carboxylic acid groups (broad SMARTS) is 1. The van der Waals surface area contributed by atoms with E-state index in [2.05, 4.69) is 10.1 Å². The van der Waals surface area contributed by atoms with Crippen LogP contribution in [0.15, 0.2) is 24.3 Å². The van der Waals surface area contributed by atoms with Gasteiger partial charge in [-0.1, -0.05) is 12.1 Å². The van der Waals surface area contributed by atoms with Gasteiger partial charge in [0.1, 0.15) is 5.75 Å². The van der Waals surface area contributed by atoms with Crippen LogP contribution in [0.3, 0.4) is 0 Å². The standard InChI is InChI=1S/C14H15F2NO4/c15-14(16)21-11-4-2-1-3-9(11)13(20)17-10(7-12(18)19)8-5-6-8/h1-4,8,10,14H,5-7H2,(H,17,20)(H,18,19). The molecule has 0 radical (unpaired) electrons. The minimum atomic E-state index is -3.03. The molecule has 5 nitrogen and oxygen atoms in total. The number of aliphatic carboxylic acids is 1. The Bertz CT molecular complexity index is 531. The smallest absolute Gasteiger partial charge is 0.387 e. The molecular weight excluding hydrogens is 284 g/mol. The lowest BCUT2D eigenvalue weighted by atomic mass is 10.1. The first-order chi connectivity index (χ1) is 9.97. The summed E-state index contributed by atoms with van der Waals surface area (Å²) < 4.78 is 28.9. The number of carbonyl (C=O) groups is 2. The first kappa shape index (κ1) is 15.2. The number of carbonyl (C=O) groups excluding carboxylic acids is 1. The molecule has 0 aromatic heterocycles. The molecule has 1 unspecified atom stereocenters. The molecule has 1 aromatic carbocycles. The Labute approximate surface area is 119 Å². The van der Waals surface area contributed by atoms with Crippen molar-refractivity contribution in [3.63, 3.8) is 0 Å². The molecule has 1 fully saturated rings. The van der Waals surface area contributed by atoms with Gasteiger partial charge in [-0.05, 0) is 30.9 Å². The van der Waals surface area contributed by atoms with Gasteiger partial charge in [-0.2, -0.15) is 8.78 Å². The SMILES string of the molecule is O=C(O)CC(NC(=O)c1ccccc1OC(F)F)C1CC1. The molecule has 0 bridgehead atoms. The first-order valence-corrected chi connectivity index (χ1v) is 6.54. The number of hydrogen-bond acceptors (Lipinski definition) is 3. The third-order valence-electron chi connectivity index (χ3n) is 3.25.